The zero-order chi connectivity index (χ0) is 61.7. The van der Waals surface area contributed by atoms with Crippen LogP contribution in [0.2, 0.25) is 0 Å². The molecule has 0 saturated heterocycles. The van der Waals surface area contributed by atoms with Crippen LogP contribution in [-0.4, -0.2) is 0 Å². The molecule has 1 saturated carbocycles. The topological polar surface area (TPSA) is 6.48 Å². The Kier molecular flexibility index (Phi) is 22.5. The lowest BCUT2D eigenvalue weighted by Gasteiger charge is -2.39. The van der Waals surface area contributed by atoms with Gasteiger partial charge < -0.3 is 9.80 Å². The minimum absolute atomic E-state index is 0.0925. The van der Waals surface area contributed by atoms with Crippen molar-refractivity contribution in [2.24, 2.45) is 0 Å². The van der Waals surface area contributed by atoms with Gasteiger partial charge in [-0.05, 0) is 215 Å². The van der Waals surface area contributed by atoms with E-state index in [1.807, 2.05) is 0 Å². The maximum atomic E-state index is 2.45. The third-order valence-corrected chi connectivity index (χ3v) is 19.5. The zero-order valence-electron chi connectivity index (χ0n) is 54.8. The number of rotatable bonds is 30. The highest BCUT2D eigenvalue weighted by Crippen LogP contribution is 2.48. The fraction of sp³-hybridized carbons (Fsp3) is 0.318. The molecule has 0 aliphatic heterocycles. The molecule has 0 radical (unpaired) electrons. The first-order chi connectivity index (χ1) is 44.4. The normalized spacial score (nSPS) is 12.9. The Balaban J connectivity index is 0.887. The Hall–Kier alpha value is -8.20. The third kappa shape index (κ3) is 16.0. The first kappa shape index (κ1) is 63.4. The summed E-state index contributed by atoms with van der Waals surface area (Å²) in [4.78, 5) is 4.89. The van der Waals surface area contributed by atoms with Crippen LogP contribution in [0.3, 0.4) is 0 Å². The average molecular weight is 1180 g/mol. The van der Waals surface area contributed by atoms with Crippen LogP contribution in [0, 0.1) is 0 Å². The van der Waals surface area contributed by atoms with E-state index in [4.69, 9.17) is 0 Å². The second-order valence-electron chi connectivity index (χ2n) is 25.9. The molecule has 0 unspecified atom stereocenters. The van der Waals surface area contributed by atoms with E-state index < -0.39 is 0 Å². The number of hydrogen-bond acceptors (Lipinski definition) is 2. The van der Waals surface area contributed by atoms with Crippen molar-refractivity contribution < 1.29 is 0 Å². The summed E-state index contributed by atoms with van der Waals surface area (Å²) in [6.45, 7) is 9.12. The summed E-state index contributed by atoms with van der Waals surface area (Å²) < 4.78 is 0. The van der Waals surface area contributed by atoms with Crippen molar-refractivity contribution in [3.05, 3.63) is 276 Å². The summed E-state index contributed by atoms with van der Waals surface area (Å²) in [6.07, 6.45) is 28.4. The summed E-state index contributed by atoms with van der Waals surface area (Å²) in [6, 6.07) is 93.3. The molecule has 10 aromatic carbocycles. The summed E-state index contributed by atoms with van der Waals surface area (Å²) in [5.74, 6) is 0. The molecule has 90 heavy (non-hydrogen) atoms. The minimum atomic E-state index is -0.0925. The molecule has 2 nitrogen and oxygen atoms in total. The molecule has 0 aromatic heterocycles. The quantitative estimate of drug-likeness (QED) is 0.0414. The van der Waals surface area contributed by atoms with Gasteiger partial charge in [0, 0.05) is 39.5 Å². The average Bonchev–Trinajstić information content (AvgIpc) is 1.15. The molecule has 1 fully saturated rings. The molecule has 0 N–H and O–H groups in total. The second-order valence-corrected chi connectivity index (χ2v) is 25.9. The summed E-state index contributed by atoms with van der Waals surface area (Å²) in [5, 5.41) is 0. The van der Waals surface area contributed by atoms with Crippen molar-refractivity contribution in [2.75, 3.05) is 9.80 Å². The van der Waals surface area contributed by atoms with E-state index in [-0.39, 0.29) is 5.41 Å². The van der Waals surface area contributed by atoms with E-state index in [1.54, 1.807) is 0 Å². The standard InChI is InChI=1S/C88H98N2/c1-5-9-13-18-24-70-30-38-74(39-31-70)78-46-58-84(59-47-78)89(82-54-42-76(43-55-82)72-34-26-68(27-35-72)22-16-11-7-3)86-62-50-80(51-63-86)88(66-20-15-21-67-88)81-52-64-87(65-53-81)90(83-56-44-77(45-57-83)73-36-28-69(29-37-73)23-17-12-8-4)85-60-48-79(49-61-85)75-40-32-71(33-41-75)25-19-14-10-6-2/h26-65H,5-25,66-67H2,1-4H3. The van der Waals surface area contributed by atoms with Gasteiger partial charge in [-0.2, -0.15) is 0 Å². The Bertz CT molecular complexity index is 3460. The summed E-state index contributed by atoms with van der Waals surface area (Å²) >= 11 is 0. The minimum Gasteiger partial charge on any atom is -0.311 e. The second kappa shape index (κ2) is 32.0. The van der Waals surface area contributed by atoms with Gasteiger partial charge >= 0.3 is 0 Å². The lowest BCUT2D eigenvalue weighted by atomic mass is 9.65. The van der Waals surface area contributed by atoms with Crippen molar-refractivity contribution in [3.63, 3.8) is 0 Å². The number of nitrogens with zero attached hydrogens (tertiary/aromatic N) is 2. The van der Waals surface area contributed by atoms with Gasteiger partial charge in [0.1, 0.15) is 0 Å². The molecule has 11 rings (SSSR count). The molecule has 0 atom stereocenters. The first-order valence-corrected chi connectivity index (χ1v) is 35.0. The Morgan fingerprint density at radius 3 is 0.656 bits per heavy atom. The SMILES string of the molecule is CCCCCCc1ccc(-c2ccc(N(c3ccc(-c4ccc(CCCCC)cc4)cc3)c3ccc(C4(c5ccc(N(c6ccc(-c7ccc(CCCCC)cc7)cc6)c6ccc(-c7ccc(CCCCCC)cc7)cc6)cc5)CCCCC4)cc3)cc2)cc1. The molecule has 460 valence electrons. The van der Waals surface area contributed by atoms with Gasteiger partial charge in [-0.25, -0.2) is 0 Å². The fourth-order valence-electron chi connectivity index (χ4n) is 14.0. The van der Waals surface area contributed by atoms with Crippen molar-refractivity contribution >= 4 is 34.1 Å². The Morgan fingerprint density at radius 2 is 0.422 bits per heavy atom. The Morgan fingerprint density at radius 1 is 0.222 bits per heavy atom. The van der Waals surface area contributed by atoms with Gasteiger partial charge in [-0.15, -0.1) is 0 Å². The summed E-state index contributed by atoms with van der Waals surface area (Å²) in [5.41, 5.74) is 25.3. The third-order valence-electron chi connectivity index (χ3n) is 19.5. The molecule has 0 heterocycles. The van der Waals surface area contributed by atoms with E-state index >= 15 is 0 Å². The number of aryl methyl sites for hydroxylation is 4. The molecule has 0 bridgehead atoms. The van der Waals surface area contributed by atoms with Gasteiger partial charge in [0.2, 0.25) is 0 Å². The van der Waals surface area contributed by atoms with Crippen molar-refractivity contribution in [1.29, 1.82) is 0 Å². The van der Waals surface area contributed by atoms with Crippen LogP contribution in [0.5, 0.6) is 0 Å². The molecular weight excluding hydrogens is 1080 g/mol. The maximum Gasteiger partial charge on any atom is 0.0462 e. The van der Waals surface area contributed by atoms with Crippen LogP contribution in [0.25, 0.3) is 44.5 Å². The van der Waals surface area contributed by atoms with Gasteiger partial charge in [0.15, 0.2) is 0 Å². The van der Waals surface area contributed by atoms with Crippen LogP contribution in [0.1, 0.15) is 183 Å². The molecule has 0 spiro atoms. The highest BCUT2D eigenvalue weighted by molar-refractivity contribution is 5.82. The predicted molar refractivity (Wildman–Crippen MR) is 390 cm³/mol. The van der Waals surface area contributed by atoms with Crippen LogP contribution >= 0.6 is 0 Å². The van der Waals surface area contributed by atoms with E-state index in [9.17, 15) is 0 Å². The lowest BCUT2D eigenvalue weighted by Crippen LogP contribution is -2.30. The zero-order valence-corrected chi connectivity index (χ0v) is 54.8. The van der Waals surface area contributed by atoms with Crippen LogP contribution in [0.4, 0.5) is 34.1 Å². The van der Waals surface area contributed by atoms with Gasteiger partial charge in [-0.1, -0.05) is 281 Å². The lowest BCUT2D eigenvalue weighted by molar-refractivity contribution is 0.346. The fourth-order valence-corrected chi connectivity index (χ4v) is 14.0. The molecule has 1 aliphatic carbocycles. The van der Waals surface area contributed by atoms with E-state index in [0.29, 0.717) is 0 Å². The van der Waals surface area contributed by atoms with Gasteiger partial charge in [0.25, 0.3) is 0 Å². The first-order valence-electron chi connectivity index (χ1n) is 35.0. The molecule has 10 aromatic rings. The van der Waals surface area contributed by atoms with Crippen molar-refractivity contribution in [3.8, 4) is 44.5 Å². The number of benzene rings is 10. The van der Waals surface area contributed by atoms with E-state index in [1.165, 1.54) is 187 Å². The predicted octanol–water partition coefficient (Wildman–Crippen LogP) is 26.3. The highest BCUT2D eigenvalue weighted by atomic mass is 15.1. The van der Waals surface area contributed by atoms with Crippen molar-refractivity contribution in [1.82, 2.24) is 0 Å². The largest absolute Gasteiger partial charge is 0.311 e. The van der Waals surface area contributed by atoms with Crippen LogP contribution in [0.15, 0.2) is 243 Å². The summed E-state index contributed by atoms with van der Waals surface area (Å²) in [7, 11) is 0. The molecule has 1 aliphatic rings. The molecule has 0 amide bonds. The van der Waals surface area contributed by atoms with E-state index in [2.05, 4.69) is 280 Å². The monoisotopic (exact) mass is 1180 g/mol. The number of unbranched alkanes of at least 4 members (excludes halogenated alkanes) is 10. The molecular formula is C88H98N2. The van der Waals surface area contributed by atoms with Gasteiger partial charge in [-0.3, -0.25) is 0 Å². The van der Waals surface area contributed by atoms with Crippen LogP contribution < -0.4 is 9.80 Å². The van der Waals surface area contributed by atoms with Gasteiger partial charge in [0.05, 0.1) is 0 Å². The van der Waals surface area contributed by atoms with Crippen molar-refractivity contribution in [2.45, 2.75) is 181 Å². The number of hydrogen-bond donors (Lipinski definition) is 0. The maximum absolute atomic E-state index is 2.45. The highest BCUT2D eigenvalue weighted by Gasteiger charge is 2.36. The Labute approximate surface area is 542 Å². The van der Waals surface area contributed by atoms with Crippen LogP contribution in [-0.2, 0) is 31.1 Å². The smallest absolute Gasteiger partial charge is 0.0462 e. The number of anilines is 6. The van der Waals surface area contributed by atoms with E-state index in [0.717, 1.165) is 72.6 Å². The molecule has 2 heteroatoms.